The maximum absolute atomic E-state index is 10.3. The molecule has 0 aromatic carbocycles. The van der Waals surface area contributed by atoms with Gasteiger partial charge in [0.25, 0.3) is 0 Å². The average Bonchev–Trinajstić information content (AvgIpc) is 2.80. The molecule has 6 heteroatoms. The van der Waals surface area contributed by atoms with Crippen molar-refractivity contribution in [3.8, 4) is 0 Å². The van der Waals surface area contributed by atoms with Gasteiger partial charge in [0.2, 0.25) is 5.95 Å². The molecule has 2 rings (SSSR count). The van der Waals surface area contributed by atoms with Crippen LogP contribution >= 0.6 is 11.3 Å². The highest BCUT2D eigenvalue weighted by atomic mass is 32.1. The Morgan fingerprint density at radius 3 is 2.43 bits per heavy atom. The van der Waals surface area contributed by atoms with Gasteiger partial charge in [-0.05, 0) is 40.2 Å². The van der Waals surface area contributed by atoms with Gasteiger partial charge >= 0.3 is 0 Å². The average molecular weight is 308 g/mol. The smallest absolute Gasteiger partial charge is 0.225 e. The number of hydrogen-bond acceptors (Lipinski definition) is 6. The minimum Gasteiger partial charge on any atom is -0.388 e. The van der Waals surface area contributed by atoms with Crippen LogP contribution in [0.1, 0.15) is 39.5 Å². The predicted octanol–water partition coefficient (Wildman–Crippen LogP) is 3.26. The van der Waals surface area contributed by atoms with Crippen molar-refractivity contribution in [2.75, 3.05) is 17.7 Å². The van der Waals surface area contributed by atoms with Crippen LogP contribution in [0.25, 0.3) is 10.2 Å². The fourth-order valence-corrected chi connectivity index (χ4v) is 2.77. The Kier molecular flexibility index (Phi) is 4.13. The highest BCUT2D eigenvalue weighted by Crippen LogP contribution is 2.33. The van der Waals surface area contributed by atoms with E-state index < -0.39 is 11.1 Å². The van der Waals surface area contributed by atoms with Gasteiger partial charge in [-0.15, -0.1) is 11.3 Å². The summed E-state index contributed by atoms with van der Waals surface area (Å²) in [6, 6.07) is 2.13. The molecule has 0 aliphatic rings. The molecule has 0 amide bonds. The van der Waals surface area contributed by atoms with E-state index in [1.165, 1.54) is 4.88 Å². The molecule has 0 unspecified atom stereocenters. The maximum Gasteiger partial charge on any atom is 0.225 e. The van der Waals surface area contributed by atoms with E-state index in [1.807, 2.05) is 13.8 Å². The normalized spacial score (nSPS) is 12.7. The molecule has 3 N–H and O–H groups in total. The highest BCUT2D eigenvalue weighted by molar-refractivity contribution is 7.18. The molecule has 0 saturated carbocycles. The summed E-state index contributed by atoms with van der Waals surface area (Å²) in [4.78, 5) is 11.3. The summed E-state index contributed by atoms with van der Waals surface area (Å²) in [6.07, 6.45) is 0.976. The summed E-state index contributed by atoms with van der Waals surface area (Å²) in [6.45, 7) is 9.65. The molecule has 2 aromatic rings. The van der Waals surface area contributed by atoms with Gasteiger partial charge < -0.3 is 15.7 Å². The number of hydrogen-bond donors (Lipinski definition) is 3. The molecule has 2 aromatic heterocycles. The number of aryl methyl sites for hydroxylation is 1. The third kappa shape index (κ3) is 3.11. The van der Waals surface area contributed by atoms with Crippen molar-refractivity contribution in [3.05, 3.63) is 10.9 Å². The number of anilines is 2. The zero-order valence-corrected chi connectivity index (χ0v) is 14.4. The molecule has 5 nitrogen and oxygen atoms in total. The van der Waals surface area contributed by atoms with Crippen LogP contribution in [0.3, 0.4) is 0 Å². The zero-order chi connectivity index (χ0) is 15.8. The Hall–Kier alpha value is -1.40. The van der Waals surface area contributed by atoms with Gasteiger partial charge in [-0.25, -0.2) is 4.98 Å². The lowest BCUT2D eigenvalue weighted by atomic mass is 9.86. The lowest BCUT2D eigenvalue weighted by molar-refractivity contribution is 0.0239. The number of nitrogens with zero attached hydrogens (tertiary/aromatic N) is 2. The van der Waals surface area contributed by atoms with Gasteiger partial charge in [0.15, 0.2) is 0 Å². The van der Waals surface area contributed by atoms with E-state index in [0.29, 0.717) is 5.95 Å². The molecule has 0 aliphatic heterocycles. The second-order valence-electron chi connectivity index (χ2n) is 6.24. The SMILES string of the molecule is CCc1cc2c(NC(C)(C)C(C)(C)O)nc(NC)nc2s1. The van der Waals surface area contributed by atoms with Crippen molar-refractivity contribution in [2.24, 2.45) is 0 Å². The van der Waals surface area contributed by atoms with E-state index in [4.69, 9.17) is 0 Å². The van der Waals surface area contributed by atoms with Crippen molar-refractivity contribution in [3.63, 3.8) is 0 Å². The fraction of sp³-hybridized carbons (Fsp3) is 0.600. The number of nitrogens with one attached hydrogen (secondary N) is 2. The molecule has 21 heavy (non-hydrogen) atoms. The zero-order valence-electron chi connectivity index (χ0n) is 13.5. The Balaban J connectivity index is 2.53. The van der Waals surface area contributed by atoms with Crippen LogP contribution in [0.15, 0.2) is 6.07 Å². The van der Waals surface area contributed by atoms with Gasteiger partial charge in [0.1, 0.15) is 10.6 Å². The van der Waals surface area contributed by atoms with E-state index in [1.54, 1.807) is 32.2 Å². The number of rotatable bonds is 5. The minimum atomic E-state index is -0.881. The van der Waals surface area contributed by atoms with E-state index >= 15 is 0 Å². The van der Waals surface area contributed by atoms with Crippen molar-refractivity contribution in [1.29, 1.82) is 0 Å². The monoisotopic (exact) mass is 308 g/mol. The molecule has 0 saturated heterocycles. The fourth-order valence-electron chi connectivity index (χ4n) is 1.80. The third-order valence-corrected chi connectivity index (χ3v) is 5.15. The number of aliphatic hydroxyl groups is 1. The summed E-state index contributed by atoms with van der Waals surface area (Å²) in [7, 11) is 1.81. The molecule has 0 bridgehead atoms. The quantitative estimate of drug-likeness (QED) is 0.791. The second kappa shape index (κ2) is 5.42. The van der Waals surface area contributed by atoms with Crippen LogP contribution in [0.5, 0.6) is 0 Å². The largest absolute Gasteiger partial charge is 0.388 e. The Labute approximate surface area is 129 Å². The molecule has 116 valence electrons. The number of fused-ring (bicyclic) bond motifs is 1. The molecule has 0 radical (unpaired) electrons. The van der Waals surface area contributed by atoms with E-state index in [9.17, 15) is 5.11 Å². The molecule has 2 heterocycles. The highest BCUT2D eigenvalue weighted by Gasteiger charge is 2.35. The topological polar surface area (TPSA) is 70.1 Å². The Morgan fingerprint density at radius 1 is 1.24 bits per heavy atom. The second-order valence-corrected chi connectivity index (χ2v) is 7.36. The summed E-state index contributed by atoms with van der Waals surface area (Å²) in [5, 5.41) is 17.7. The summed E-state index contributed by atoms with van der Waals surface area (Å²) >= 11 is 1.68. The van der Waals surface area contributed by atoms with Crippen LogP contribution in [0.2, 0.25) is 0 Å². The molecule has 0 atom stereocenters. The van der Waals surface area contributed by atoms with Crippen LogP contribution < -0.4 is 10.6 Å². The first-order valence-electron chi connectivity index (χ1n) is 7.16. The summed E-state index contributed by atoms with van der Waals surface area (Å²) in [5.41, 5.74) is -1.40. The first kappa shape index (κ1) is 16.0. The van der Waals surface area contributed by atoms with Crippen molar-refractivity contribution in [1.82, 2.24) is 9.97 Å². The van der Waals surface area contributed by atoms with Gasteiger partial charge in [-0.3, -0.25) is 0 Å². The Bertz CT molecular complexity index is 643. The van der Waals surface area contributed by atoms with E-state index in [0.717, 1.165) is 22.5 Å². The molecule has 0 aliphatic carbocycles. The number of aromatic nitrogens is 2. The predicted molar refractivity (Wildman–Crippen MR) is 90.3 cm³/mol. The third-order valence-electron chi connectivity index (χ3n) is 3.98. The van der Waals surface area contributed by atoms with Crippen molar-refractivity contribution < 1.29 is 5.11 Å². The first-order chi connectivity index (χ1) is 9.68. The number of thiophene rings is 1. The molecule has 0 spiro atoms. The maximum atomic E-state index is 10.3. The lowest BCUT2D eigenvalue weighted by Crippen LogP contribution is -2.51. The standard InChI is InChI=1S/C15H24N4OS/c1-7-9-8-10-11(19-14(2,3)15(4,5)20)17-13(16-6)18-12(10)21-9/h8,20H,7H2,1-6H3,(H2,16,17,18,19). The van der Waals surface area contributed by atoms with Crippen LogP contribution in [0, 0.1) is 0 Å². The summed E-state index contributed by atoms with van der Waals surface area (Å²) in [5.74, 6) is 1.34. The van der Waals surface area contributed by atoms with E-state index in [2.05, 4.69) is 33.6 Å². The summed E-state index contributed by atoms with van der Waals surface area (Å²) < 4.78 is 0. The van der Waals surface area contributed by atoms with Crippen LogP contribution in [0.4, 0.5) is 11.8 Å². The Morgan fingerprint density at radius 2 is 1.90 bits per heavy atom. The molecular formula is C15H24N4OS. The van der Waals surface area contributed by atoms with Gasteiger partial charge in [0.05, 0.1) is 16.5 Å². The van der Waals surface area contributed by atoms with Gasteiger partial charge in [-0.1, -0.05) is 6.92 Å². The molecular weight excluding hydrogens is 284 g/mol. The minimum absolute atomic E-state index is 0.520. The first-order valence-corrected chi connectivity index (χ1v) is 7.98. The van der Waals surface area contributed by atoms with Crippen LogP contribution in [-0.4, -0.2) is 33.3 Å². The van der Waals surface area contributed by atoms with Gasteiger partial charge in [0, 0.05) is 11.9 Å². The van der Waals surface area contributed by atoms with Crippen molar-refractivity contribution in [2.45, 2.75) is 52.2 Å². The molecule has 0 fully saturated rings. The van der Waals surface area contributed by atoms with Gasteiger partial charge in [-0.2, -0.15) is 4.98 Å². The lowest BCUT2D eigenvalue weighted by Gasteiger charge is -2.38. The van der Waals surface area contributed by atoms with E-state index in [-0.39, 0.29) is 0 Å². The van der Waals surface area contributed by atoms with Crippen molar-refractivity contribution >= 4 is 33.3 Å². The van der Waals surface area contributed by atoms with Crippen LogP contribution in [-0.2, 0) is 6.42 Å².